The van der Waals surface area contributed by atoms with E-state index >= 15 is 0 Å². The van der Waals surface area contributed by atoms with Crippen LogP contribution in [-0.4, -0.2) is 20.0 Å². The first-order chi connectivity index (χ1) is 11.1. The minimum atomic E-state index is -2.71. The Morgan fingerprint density at radius 1 is 1.35 bits per heavy atom. The fraction of sp³-hybridized carbons (Fsp3) is 0.267. The number of hydrogen-bond acceptors (Lipinski definition) is 5. The van der Waals surface area contributed by atoms with Crippen LogP contribution in [0.25, 0.3) is 0 Å². The van der Waals surface area contributed by atoms with E-state index in [1.54, 1.807) is 6.20 Å². The second kappa shape index (κ2) is 6.55. The molecule has 0 saturated carbocycles. The van der Waals surface area contributed by atoms with Gasteiger partial charge in [-0.3, -0.25) is 0 Å². The largest absolute Gasteiger partial charge is 0.487 e. The molecule has 0 saturated heterocycles. The zero-order valence-corrected chi connectivity index (χ0v) is 12.3. The Morgan fingerprint density at radius 3 is 3.00 bits per heavy atom. The maximum Gasteiger partial charge on any atom is 0.297 e. The first-order valence-electron chi connectivity index (χ1n) is 6.90. The molecule has 0 fully saturated rings. The van der Waals surface area contributed by atoms with Gasteiger partial charge in [-0.15, -0.1) is 5.10 Å². The van der Waals surface area contributed by atoms with Crippen LogP contribution in [0.5, 0.6) is 5.75 Å². The van der Waals surface area contributed by atoms with Crippen molar-refractivity contribution < 1.29 is 17.9 Å². The zero-order chi connectivity index (χ0) is 16.2. The highest BCUT2D eigenvalue weighted by molar-refractivity contribution is 5.27. The molecule has 0 aliphatic heterocycles. The molecule has 0 spiro atoms. The Kier molecular flexibility index (Phi) is 4.31. The van der Waals surface area contributed by atoms with Crippen LogP contribution in [0.2, 0.25) is 0 Å². The van der Waals surface area contributed by atoms with Crippen LogP contribution in [0.15, 0.2) is 41.3 Å². The van der Waals surface area contributed by atoms with Gasteiger partial charge in [-0.25, -0.2) is 18.4 Å². The van der Waals surface area contributed by atoms with Gasteiger partial charge >= 0.3 is 0 Å². The van der Waals surface area contributed by atoms with Crippen LogP contribution in [-0.2, 0) is 13.2 Å². The maximum absolute atomic E-state index is 12.7. The highest BCUT2D eigenvalue weighted by Gasteiger charge is 2.19. The summed E-state index contributed by atoms with van der Waals surface area (Å²) in [5.41, 5.74) is 1.82. The van der Waals surface area contributed by atoms with Crippen LogP contribution in [0.4, 0.5) is 8.78 Å². The molecule has 0 amide bonds. The Hall–Kier alpha value is -2.77. The third kappa shape index (κ3) is 3.71. The third-order valence-electron chi connectivity index (χ3n) is 3.14. The minimum absolute atomic E-state index is 0.0631. The maximum atomic E-state index is 12.7. The predicted molar refractivity (Wildman–Crippen MR) is 76.1 cm³/mol. The summed E-state index contributed by atoms with van der Waals surface area (Å²) in [5, 5.41) is 7.83. The molecule has 6 nitrogen and oxygen atoms in total. The number of benzene rings is 1. The average Bonchev–Trinajstić information content (AvgIpc) is 3.15. The average molecular weight is 320 g/mol. The van der Waals surface area contributed by atoms with E-state index in [2.05, 4.69) is 19.7 Å². The minimum Gasteiger partial charge on any atom is -0.487 e. The molecular formula is C15H14F2N4O2. The number of aryl methyl sites for hydroxylation is 1. The lowest BCUT2D eigenvalue weighted by atomic mass is 10.2. The number of oxazole rings is 1. The van der Waals surface area contributed by atoms with Crippen molar-refractivity contribution in [2.75, 3.05) is 0 Å². The Balaban J connectivity index is 1.63. The number of halogens is 2. The molecular weight excluding hydrogens is 306 g/mol. The summed E-state index contributed by atoms with van der Waals surface area (Å²) in [6.07, 6.45) is -0.0879. The van der Waals surface area contributed by atoms with Gasteiger partial charge in [-0.1, -0.05) is 17.3 Å². The van der Waals surface area contributed by atoms with Gasteiger partial charge in [0.15, 0.2) is 12.2 Å². The van der Waals surface area contributed by atoms with E-state index in [0.29, 0.717) is 5.69 Å². The molecule has 2 heterocycles. The molecule has 0 aliphatic rings. The molecule has 0 aliphatic carbocycles. The fourth-order valence-electron chi connectivity index (χ4n) is 2.07. The van der Waals surface area contributed by atoms with Crippen molar-refractivity contribution in [2.45, 2.75) is 26.5 Å². The first kappa shape index (κ1) is 15.1. The van der Waals surface area contributed by atoms with Crippen molar-refractivity contribution >= 4 is 0 Å². The Labute approximate surface area is 130 Å². The van der Waals surface area contributed by atoms with Crippen LogP contribution in [0.3, 0.4) is 0 Å². The van der Waals surface area contributed by atoms with E-state index in [1.165, 1.54) is 4.68 Å². The summed E-state index contributed by atoms with van der Waals surface area (Å²) in [4.78, 5) is 3.78. The van der Waals surface area contributed by atoms with Gasteiger partial charge < -0.3 is 9.15 Å². The summed E-state index contributed by atoms with van der Waals surface area (Å²) in [7, 11) is 0. The Bertz CT molecular complexity index is 785. The predicted octanol–water partition coefficient (Wildman–Crippen LogP) is 3.14. The van der Waals surface area contributed by atoms with Crippen LogP contribution < -0.4 is 4.74 Å². The highest BCUT2D eigenvalue weighted by Crippen LogP contribution is 2.22. The molecule has 0 atom stereocenters. The Morgan fingerprint density at radius 2 is 2.22 bits per heavy atom. The standard InChI is InChI=1S/C15H14F2N4O2/c1-10-3-2-4-12(5-10)22-8-11-6-21(20-19-11)7-13-14(15(16)17)23-9-18-13/h2-6,9,15H,7-8H2,1H3. The van der Waals surface area contributed by atoms with E-state index in [4.69, 9.17) is 4.74 Å². The summed E-state index contributed by atoms with van der Waals surface area (Å²) >= 11 is 0. The molecule has 0 unspecified atom stereocenters. The van der Waals surface area contributed by atoms with E-state index in [9.17, 15) is 8.78 Å². The van der Waals surface area contributed by atoms with E-state index in [-0.39, 0.29) is 18.8 Å². The van der Waals surface area contributed by atoms with Gasteiger partial charge in [-0.05, 0) is 24.6 Å². The van der Waals surface area contributed by atoms with Crippen molar-refractivity contribution in [3.63, 3.8) is 0 Å². The van der Waals surface area contributed by atoms with Crippen molar-refractivity contribution in [2.24, 2.45) is 0 Å². The number of aromatic nitrogens is 4. The molecule has 0 bridgehead atoms. The zero-order valence-electron chi connectivity index (χ0n) is 12.3. The number of alkyl halides is 2. The second-order valence-electron chi connectivity index (χ2n) is 4.98. The normalized spacial score (nSPS) is 11.1. The lowest BCUT2D eigenvalue weighted by Gasteiger charge is -2.04. The van der Waals surface area contributed by atoms with Crippen molar-refractivity contribution in [3.05, 3.63) is 59.6 Å². The van der Waals surface area contributed by atoms with Crippen LogP contribution in [0.1, 0.15) is 29.1 Å². The highest BCUT2D eigenvalue weighted by atomic mass is 19.3. The monoisotopic (exact) mass is 320 g/mol. The topological polar surface area (TPSA) is 66.0 Å². The van der Waals surface area contributed by atoms with Gasteiger partial charge in [0.25, 0.3) is 6.43 Å². The van der Waals surface area contributed by atoms with Gasteiger partial charge in [-0.2, -0.15) is 0 Å². The number of rotatable bonds is 6. The molecule has 8 heteroatoms. The second-order valence-corrected chi connectivity index (χ2v) is 4.98. The van der Waals surface area contributed by atoms with E-state index < -0.39 is 12.2 Å². The quantitative estimate of drug-likeness (QED) is 0.698. The van der Waals surface area contributed by atoms with E-state index in [0.717, 1.165) is 17.7 Å². The molecule has 1 aromatic carbocycles. The van der Waals surface area contributed by atoms with Gasteiger partial charge in [0.1, 0.15) is 23.7 Å². The third-order valence-corrected chi connectivity index (χ3v) is 3.14. The first-order valence-corrected chi connectivity index (χ1v) is 6.90. The molecule has 3 rings (SSSR count). The van der Waals surface area contributed by atoms with Crippen molar-refractivity contribution in [1.29, 1.82) is 0 Å². The van der Waals surface area contributed by atoms with Crippen molar-refractivity contribution in [3.8, 4) is 5.75 Å². The fourth-order valence-corrected chi connectivity index (χ4v) is 2.07. The number of hydrogen-bond donors (Lipinski definition) is 0. The molecule has 2 aromatic heterocycles. The smallest absolute Gasteiger partial charge is 0.297 e. The van der Waals surface area contributed by atoms with Gasteiger partial charge in [0.2, 0.25) is 0 Å². The summed E-state index contributed by atoms with van der Waals surface area (Å²) < 4.78 is 37.1. The molecule has 0 N–H and O–H groups in total. The molecule has 120 valence electrons. The lowest BCUT2D eigenvalue weighted by molar-refractivity contribution is 0.120. The van der Waals surface area contributed by atoms with Crippen molar-refractivity contribution in [1.82, 2.24) is 20.0 Å². The lowest BCUT2D eigenvalue weighted by Crippen LogP contribution is -2.03. The molecule has 3 aromatic rings. The van der Waals surface area contributed by atoms with Gasteiger partial charge in [0, 0.05) is 0 Å². The van der Waals surface area contributed by atoms with Crippen LogP contribution >= 0.6 is 0 Å². The SMILES string of the molecule is Cc1cccc(OCc2cn(Cc3ncoc3C(F)F)nn2)c1. The number of ether oxygens (including phenoxy) is 1. The van der Waals surface area contributed by atoms with Gasteiger partial charge in [0.05, 0.1) is 12.7 Å². The summed E-state index contributed by atoms with van der Waals surface area (Å²) in [6, 6.07) is 7.63. The number of nitrogens with zero attached hydrogens (tertiary/aromatic N) is 4. The van der Waals surface area contributed by atoms with E-state index in [1.807, 2.05) is 31.2 Å². The summed E-state index contributed by atoms with van der Waals surface area (Å²) in [6.45, 7) is 2.28. The molecule has 0 radical (unpaired) electrons. The molecule has 23 heavy (non-hydrogen) atoms. The van der Waals surface area contributed by atoms with Crippen LogP contribution in [0, 0.1) is 6.92 Å². The summed E-state index contributed by atoms with van der Waals surface area (Å²) in [5.74, 6) is 0.286.